The van der Waals surface area contributed by atoms with Gasteiger partial charge in [0.05, 0.1) is 12.1 Å². The fraction of sp³-hybridized carbons (Fsp3) is 0.667. The Labute approximate surface area is 82.8 Å². The smallest absolute Gasteiger partial charge is 0.0794 e. The second-order valence-corrected chi connectivity index (χ2v) is 4.35. The Morgan fingerprint density at radius 2 is 2.38 bits per heavy atom. The monoisotopic (exact) mass is 200 g/mol. The quantitative estimate of drug-likeness (QED) is 0.752. The summed E-state index contributed by atoms with van der Waals surface area (Å²) in [5, 5.41) is 12.3. The second-order valence-electron chi connectivity index (χ2n) is 3.38. The molecular formula is C9H16N2OS. The number of aromatic nitrogens is 1. The fourth-order valence-electron chi connectivity index (χ4n) is 1.07. The Morgan fingerprint density at radius 3 is 2.85 bits per heavy atom. The van der Waals surface area contributed by atoms with E-state index in [1.165, 1.54) is 4.88 Å². The van der Waals surface area contributed by atoms with Crippen molar-refractivity contribution in [3.05, 3.63) is 16.6 Å². The van der Waals surface area contributed by atoms with E-state index < -0.39 is 0 Å². The lowest BCUT2D eigenvalue weighted by Crippen LogP contribution is -2.36. The first kappa shape index (κ1) is 10.6. The molecule has 1 rings (SSSR count). The molecule has 3 nitrogen and oxygen atoms in total. The summed E-state index contributed by atoms with van der Waals surface area (Å²) in [5.74, 6) is 0.456. The third-order valence-corrected chi connectivity index (χ3v) is 2.80. The lowest BCUT2D eigenvalue weighted by Gasteiger charge is -2.19. The zero-order valence-corrected chi connectivity index (χ0v) is 8.84. The maximum Gasteiger partial charge on any atom is 0.0794 e. The second kappa shape index (κ2) is 5.32. The van der Waals surface area contributed by atoms with Crippen LogP contribution in [0.15, 0.2) is 11.7 Å². The van der Waals surface area contributed by atoms with Crippen molar-refractivity contribution in [2.75, 3.05) is 6.61 Å². The van der Waals surface area contributed by atoms with Crippen molar-refractivity contribution in [1.82, 2.24) is 10.3 Å². The van der Waals surface area contributed by atoms with Crippen molar-refractivity contribution in [3.63, 3.8) is 0 Å². The Hall–Kier alpha value is -0.450. The average molecular weight is 200 g/mol. The van der Waals surface area contributed by atoms with Gasteiger partial charge in [0, 0.05) is 23.7 Å². The Morgan fingerprint density at radius 1 is 1.62 bits per heavy atom. The van der Waals surface area contributed by atoms with Crippen LogP contribution in [0.1, 0.15) is 18.7 Å². The number of nitrogens with zero attached hydrogens (tertiary/aromatic N) is 1. The number of thiazole rings is 1. The van der Waals surface area contributed by atoms with E-state index in [1.807, 2.05) is 11.7 Å². The molecule has 0 bridgehead atoms. The Balaban J connectivity index is 2.32. The van der Waals surface area contributed by atoms with E-state index in [0.717, 1.165) is 6.54 Å². The van der Waals surface area contributed by atoms with Crippen LogP contribution in [0, 0.1) is 5.92 Å². The van der Waals surface area contributed by atoms with Gasteiger partial charge in [-0.05, 0) is 5.92 Å². The molecule has 0 aromatic carbocycles. The first-order chi connectivity index (χ1) is 6.24. The zero-order valence-electron chi connectivity index (χ0n) is 8.03. The standard InChI is InChI=1S/C9H16N2OS/c1-7(2)9(5-12)11-4-8-3-10-6-13-8/h3,6-7,9,11-12H,4-5H2,1-2H3/t9-/m1/s1. The normalized spacial score (nSPS) is 13.5. The van der Waals surface area contributed by atoms with E-state index in [9.17, 15) is 0 Å². The highest BCUT2D eigenvalue weighted by molar-refractivity contribution is 7.09. The van der Waals surface area contributed by atoms with Crippen molar-refractivity contribution in [2.45, 2.75) is 26.4 Å². The van der Waals surface area contributed by atoms with Gasteiger partial charge < -0.3 is 10.4 Å². The zero-order chi connectivity index (χ0) is 9.68. The molecule has 0 aliphatic carbocycles. The molecule has 13 heavy (non-hydrogen) atoms. The van der Waals surface area contributed by atoms with Gasteiger partial charge in [-0.2, -0.15) is 0 Å². The number of aliphatic hydroxyl groups excluding tert-OH is 1. The largest absolute Gasteiger partial charge is 0.395 e. The number of hydrogen-bond acceptors (Lipinski definition) is 4. The van der Waals surface area contributed by atoms with Gasteiger partial charge in [0.1, 0.15) is 0 Å². The molecule has 1 aromatic rings. The van der Waals surface area contributed by atoms with E-state index in [-0.39, 0.29) is 12.6 Å². The molecule has 0 saturated carbocycles. The minimum atomic E-state index is 0.182. The maximum atomic E-state index is 9.05. The van der Waals surface area contributed by atoms with Crippen molar-refractivity contribution < 1.29 is 5.11 Å². The minimum Gasteiger partial charge on any atom is -0.395 e. The van der Waals surface area contributed by atoms with Crippen LogP contribution in [-0.2, 0) is 6.54 Å². The molecule has 1 heterocycles. The highest BCUT2D eigenvalue weighted by atomic mass is 32.1. The predicted molar refractivity (Wildman–Crippen MR) is 54.7 cm³/mol. The van der Waals surface area contributed by atoms with Gasteiger partial charge in [-0.1, -0.05) is 13.8 Å². The van der Waals surface area contributed by atoms with Crippen LogP contribution >= 0.6 is 11.3 Å². The lowest BCUT2D eigenvalue weighted by molar-refractivity contribution is 0.210. The molecule has 0 spiro atoms. The van der Waals surface area contributed by atoms with Crippen molar-refractivity contribution in [1.29, 1.82) is 0 Å². The molecule has 2 N–H and O–H groups in total. The van der Waals surface area contributed by atoms with Gasteiger partial charge in [-0.25, -0.2) is 0 Å². The van der Waals surface area contributed by atoms with Crippen molar-refractivity contribution >= 4 is 11.3 Å². The van der Waals surface area contributed by atoms with Gasteiger partial charge in [0.25, 0.3) is 0 Å². The van der Waals surface area contributed by atoms with E-state index in [2.05, 4.69) is 24.1 Å². The molecule has 1 atom stereocenters. The summed E-state index contributed by atoms with van der Waals surface area (Å²) in [6, 6.07) is 0.182. The molecule has 0 saturated heterocycles. The summed E-state index contributed by atoms with van der Waals surface area (Å²) in [5.41, 5.74) is 1.82. The van der Waals surface area contributed by atoms with Crippen LogP contribution in [-0.4, -0.2) is 22.7 Å². The number of nitrogens with one attached hydrogen (secondary N) is 1. The molecule has 74 valence electrons. The molecule has 0 unspecified atom stereocenters. The number of rotatable bonds is 5. The van der Waals surface area contributed by atoms with Crippen LogP contribution in [0.25, 0.3) is 0 Å². The summed E-state index contributed by atoms with van der Waals surface area (Å²) in [6.07, 6.45) is 1.85. The third-order valence-electron chi connectivity index (χ3n) is 2.02. The predicted octanol–water partition coefficient (Wildman–Crippen LogP) is 1.25. The molecule has 0 aliphatic rings. The molecule has 0 radical (unpaired) electrons. The first-order valence-corrected chi connectivity index (χ1v) is 5.33. The fourth-order valence-corrected chi connectivity index (χ4v) is 1.62. The highest BCUT2D eigenvalue weighted by Gasteiger charge is 2.10. The lowest BCUT2D eigenvalue weighted by atomic mass is 10.1. The molecule has 0 fully saturated rings. The van der Waals surface area contributed by atoms with Gasteiger partial charge in [0.15, 0.2) is 0 Å². The van der Waals surface area contributed by atoms with E-state index >= 15 is 0 Å². The van der Waals surface area contributed by atoms with Crippen molar-refractivity contribution in [2.24, 2.45) is 5.92 Å². The molecule has 1 aromatic heterocycles. The first-order valence-electron chi connectivity index (χ1n) is 4.45. The van der Waals surface area contributed by atoms with Gasteiger partial charge in [0.2, 0.25) is 0 Å². The van der Waals surface area contributed by atoms with Crippen molar-refractivity contribution in [3.8, 4) is 0 Å². The van der Waals surface area contributed by atoms with E-state index in [4.69, 9.17) is 5.11 Å². The summed E-state index contributed by atoms with van der Waals surface area (Å²) >= 11 is 1.63. The van der Waals surface area contributed by atoms with Crippen LogP contribution in [0.3, 0.4) is 0 Å². The molecule has 0 aliphatic heterocycles. The van der Waals surface area contributed by atoms with Crippen LogP contribution in [0.4, 0.5) is 0 Å². The Kier molecular flexibility index (Phi) is 4.35. The van der Waals surface area contributed by atoms with Crippen LogP contribution in [0.2, 0.25) is 0 Å². The Bertz CT molecular complexity index is 224. The van der Waals surface area contributed by atoms with E-state index in [0.29, 0.717) is 5.92 Å². The van der Waals surface area contributed by atoms with Crippen LogP contribution in [0.5, 0.6) is 0 Å². The van der Waals surface area contributed by atoms with Gasteiger partial charge in [-0.3, -0.25) is 4.98 Å². The maximum absolute atomic E-state index is 9.05. The van der Waals surface area contributed by atoms with Crippen LogP contribution < -0.4 is 5.32 Å². The van der Waals surface area contributed by atoms with E-state index in [1.54, 1.807) is 11.3 Å². The van der Waals surface area contributed by atoms with Gasteiger partial charge >= 0.3 is 0 Å². The summed E-state index contributed by atoms with van der Waals surface area (Å²) in [6.45, 7) is 5.19. The van der Waals surface area contributed by atoms with Gasteiger partial charge in [-0.15, -0.1) is 11.3 Å². The minimum absolute atomic E-state index is 0.182. The molecule has 0 amide bonds. The summed E-state index contributed by atoms with van der Waals surface area (Å²) in [7, 11) is 0. The summed E-state index contributed by atoms with van der Waals surface area (Å²) in [4.78, 5) is 5.19. The molecular weight excluding hydrogens is 184 g/mol. The summed E-state index contributed by atoms with van der Waals surface area (Å²) < 4.78 is 0. The molecule has 4 heteroatoms. The number of aliphatic hydroxyl groups is 1. The SMILES string of the molecule is CC(C)[C@@H](CO)NCc1cncs1. The number of hydrogen-bond donors (Lipinski definition) is 2. The topological polar surface area (TPSA) is 45.1 Å². The highest BCUT2D eigenvalue weighted by Crippen LogP contribution is 2.07. The third kappa shape index (κ3) is 3.42. The average Bonchev–Trinajstić information content (AvgIpc) is 2.57.